The second kappa shape index (κ2) is 4.73. The highest BCUT2D eigenvalue weighted by Crippen LogP contribution is 1.94. The van der Waals surface area contributed by atoms with Crippen LogP contribution < -0.4 is 0 Å². The van der Waals surface area contributed by atoms with Gasteiger partial charge in [-0.05, 0) is 5.92 Å². The average molecular weight is 160 g/mol. The fourth-order valence-electron chi connectivity index (χ4n) is 0.657. The third kappa shape index (κ3) is 9.92. The van der Waals surface area contributed by atoms with Crippen LogP contribution in [0.2, 0.25) is 0 Å². The summed E-state index contributed by atoms with van der Waals surface area (Å²) < 4.78 is 6.44. The van der Waals surface area contributed by atoms with Crippen molar-refractivity contribution in [1.82, 2.24) is 0 Å². The summed E-state index contributed by atoms with van der Waals surface area (Å²) in [7, 11) is 6.54. The molecule has 0 aromatic heterocycles. The normalized spacial score (nSPS) is 12.5. The third-order valence-electron chi connectivity index (χ3n) is 1.36. The van der Waals surface area contributed by atoms with Crippen molar-refractivity contribution >= 4 is 0 Å². The molecular weight excluding hydrogens is 138 g/mol. The van der Waals surface area contributed by atoms with Gasteiger partial charge in [-0.2, -0.15) is 0 Å². The van der Waals surface area contributed by atoms with E-state index in [1.54, 1.807) is 0 Å². The van der Waals surface area contributed by atoms with Crippen molar-refractivity contribution in [2.75, 3.05) is 40.9 Å². The van der Waals surface area contributed by atoms with Gasteiger partial charge in [0.05, 0.1) is 27.7 Å². The van der Waals surface area contributed by atoms with Crippen LogP contribution >= 0.6 is 0 Å². The number of ether oxygens (including phenoxy) is 1. The first-order valence-electron chi connectivity index (χ1n) is 4.30. The molecule has 0 aromatic carbocycles. The Bertz CT molecular complexity index is 94.2. The van der Waals surface area contributed by atoms with Gasteiger partial charge >= 0.3 is 0 Å². The molecule has 0 saturated carbocycles. The molecule has 0 saturated heterocycles. The summed E-state index contributed by atoms with van der Waals surface area (Å²) in [6.07, 6.45) is 0. The molecule has 0 radical (unpaired) electrons. The Kier molecular flexibility index (Phi) is 4.69. The van der Waals surface area contributed by atoms with E-state index in [4.69, 9.17) is 4.74 Å². The van der Waals surface area contributed by atoms with Crippen LogP contribution in [0, 0.1) is 5.92 Å². The smallest absolute Gasteiger partial charge is 0.102 e. The van der Waals surface area contributed by atoms with Crippen molar-refractivity contribution in [2.45, 2.75) is 13.8 Å². The highest BCUT2D eigenvalue weighted by molar-refractivity contribution is 4.39. The van der Waals surface area contributed by atoms with Gasteiger partial charge in [-0.15, -0.1) is 0 Å². The van der Waals surface area contributed by atoms with Gasteiger partial charge in [-0.25, -0.2) is 0 Å². The van der Waals surface area contributed by atoms with Crippen LogP contribution in [0.15, 0.2) is 0 Å². The molecule has 0 atom stereocenters. The molecule has 0 aliphatic rings. The molecule has 0 aromatic rings. The minimum Gasteiger partial charge on any atom is -0.375 e. The SMILES string of the molecule is CC(C)COCC[N+](C)(C)C. The van der Waals surface area contributed by atoms with Crippen LogP contribution in [0.4, 0.5) is 0 Å². The van der Waals surface area contributed by atoms with Crippen LogP contribution in [0.3, 0.4) is 0 Å². The first kappa shape index (κ1) is 10.9. The molecule has 0 unspecified atom stereocenters. The molecule has 0 aliphatic carbocycles. The van der Waals surface area contributed by atoms with Crippen molar-refractivity contribution in [3.63, 3.8) is 0 Å². The van der Waals surface area contributed by atoms with Crippen molar-refractivity contribution < 1.29 is 9.22 Å². The third-order valence-corrected chi connectivity index (χ3v) is 1.36. The first-order valence-corrected chi connectivity index (χ1v) is 4.30. The Hall–Kier alpha value is -0.0800. The van der Waals surface area contributed by atoms with E-state index in [0.29, 0.717) is 5.92 Å². The maximum atomic E-state index is 5.46. The van der Waals surface area contributed by atoms with E-state index in [-0.39, 0.29) is 0 Å². The van der Waals surface area contributed by atoms with E-state index in [9.17, 15) is 0 Å². The van der Waals surface area contributed by atoms with E-state index in [1.807, 2.05) is 0 Å². The van der Waals surface area contributed by atoms with Crippen LogP contribution in [0.5, 0.6) is 0 Å². The maximum Gasteiger partial charge on any atom is 0.102 e. The summed E-state index contributed by atoms with van der Waals surface area (Å²) in [5, 5.41) is 0. The molecule has 0 rings (SSSR count). The second-order valence-electron chi connectivity index (χ2n) is 4.48. The summed E-state index contributed by atoms with van der Waals surface area (Å²) in [5.74, 6) is 0.655. The minimum atomic E-state index is 0.655. The van der Waals surface area contributed by atoms with Crippen LogP contribution in [-0.4, -0.2) is 45.4 Å². The summed E-state index contributed by atoms with van der Waals surface area (Å²) in [6.45, 7) is 7.20. The van der Waals surface area contributed by atoms with Gasteiger partial charge in [0.25, 0.3) is 0 Å². The molecule has 0 fully saturated rings. The molecule has 11 heavy (non-hydrogen) atoms. The molecule has 0 amide bonds. The largest absolute Gasteiger partial charge is 0.375 e. The van der Waals surface area contributed by atoms with Gasteiger partial charge in [-0.1, -0.05) is 13.8 Å². The van der Waals surface area contributed by atoms with Gasteiger partial charge in [0.15, 0.2) is 0 Å². The maximum absolute atomic E-state index is 5.46. The van der Waals surface area contributed by atoms with Crippen molar-refractivity contribution in [2.24, 2.45) is 5.92 Å². The topological polar surface area (TPSA) is 9.23 Å². The standard InChI is InChI=1S/C9H22NO/c1-9(2)8-11-7-6-10(3,4)5/h9H,6-8H2,1-5H3/q+1. The molecule has 0 spiro atoms. The number of likely N-dealkylation sites (N-methyl/N-ethyl adjacent to an activating group) is 1. The highest BCUT2D eigenvalue weighted by atomic mass is 16.5. The number of nitrogens with zero attached hydrogens (tertiary/aromatic N) is 1. The lowest BCUT2D eigenvalue weighted by Crippen LogP contribution is -2.37. The summed E-state index contributed by atoms with van der Waals surface area (Å²) in [5.41, 5.74) is 0. The Labute approximate surface area is 70.7 Å². The predicted molar refractivity (Wildman–Crippen MR) is 48.6 cm³/mol. The predicted octanol–water partition coefficient (Wildman–Crippen LogP) is 1.37. The molecule has 0 bridgehead atoms. The monoisotopic (exact) mass is 160 g/mol. The Balaban J connectivity index is 3.15. The lowest BCUT2D eigenvalue weighted by Gasteiger charge is -2.23. The zero-order valence-corrected chi connectivity index (χ0v) is 8.55. The quantitative estimate of drug-likeness (QED) is 0.436. The fourth-order valence-corrected chi connectivity index (χ4v) is 0.657. The van der Waals surface area contributed by atoms with Gasteiger partial charge in [0, 0.05) is 6.61 Å². The second-order valence-corrected chi connectivity index (χ2v) is 4.48. The van der Waals surface area contributed by atoms with Gasteiger partial charge < -0.3 is 9.22 Å². The Morgan fingerprint density at radius 1 is 1.18 bits per heavy atom. The number of hydrogen-bond acceptors (Lipinski definition) is 1. The Morgan fingerprint density at radius 3 is 2.09 bits per heavy atom. The number of hydrogen-bond donors (Lipinski definition) is 0. The van der Waals surface area contributed by atoms with Crippen LogP contribution in [0.25, 0.3) is 0 Å². The van der Waals surface area contributed by atoms with E-state index < -0.39 is 0 Å². The molecular formula is C9H22NO+. The van der Waals surface area contributed by atoms with Crippen LogP contribution in [-0.2, 0) is 4.74 Å². The van der Waals surface area contributed by atoms with E-state index in [0.717, 1.165) is 24.2 Å². The molecule has 0 N–H and O–H groups in total. The van der Waals surface area contributed by atoms with Gasteiger partial charge in [0.1, 0.15) is 6.54 Å². The number of quaternary nitrogens is 1. The lowest BCUT2D eigenvalue weighted by molar-refractivity contribution is -0.870. The Morgan fingerprint density at radius 2 is 1.73 bits per heavy atom. The van der Waals surface area contributed by atoms with E-state index in [1.165, 1.54) is 0 Å². The molecule has 2 nitrogen and oxygen atoms in total. The van der Waals surface area contributed by atoms with E-state index in [2.05, 4.69) is 35.0 Å². The highest BCUT2D eigenvalue weighted by Gasteiger charge is 2.05. The zero-order valence-electron chi connectivity index (χ0n) is 8.55. The van der Waals surface area contributed by atoms with Crippen molar-refractivity contribution in [1.29, 1.82) is 0 Å². The molecule has 68 valence electrons. The summed E-state index contributed by atoms with van der Waals surface area (Å²) in [6, 6.07) is 0. The molecule has 0 heterocycles. The summed E-state index contributed by atoms with van der Waals surface area (Å²) in [4.78, 5) is 0. The van der Waals surface area contributed by atoms with Crippen LogP contribution in [0.1, 0.15) is 13.8 Å². The average Bonchev–Trinajstić information content (AvgIpc) is 1.78. The lowest BCUT2D eigenvalue weighted by atomic mass is 10.2. The van der Waals surface area contributed by atoms with Crippen molar-refractivity contribution in [3.05, 3.63) is 0 Å². The van der Waals surface area contributed by atoms with Crippen molar-refractivity contribution in [3.8, 4) is 0 Å². The summed E-state index contributed by atoms with van der Waals surface area (Å²) >= 11 is 0. The van der Waals surface area contributed by atoms with Gasteiger partial charge in [-0.3, -0.25) is 0 Å². The number of rotatable bonds is 5. The zero-order chi connectivity index (χ0) is 8.91. The fraction of sp³-hybridized carbons (Fsp3) is 1.00. The van der Waals surface area contributed by atoms with E-state index >= 15 is 0 Å². The molecule has 2 heteroatoms. The first-order chi connectivity index (χ1) is 4.92. The minimum absolute atomic E-state index is 0.655. The molecule has 0 aliphatic heterocycles. The van der Waals surface area contributed by atoms with Gasteiger partial charge in [0.2, 0.25) is 0 Å².